The third-order valence-corrected chi connectivity index (χ3v) is 2.47. The van der Waals surface area contributed by atoms with Crippen LogP contribution in [-0.2, 0) is 0 Å². The Kier molecular flexibility index (Phi) is 4.20. The first-order valence-electron chi connectivity index (χ1n) is 5.83. The second kappa shape index (κ2) is 6.27. The Morgan fingerprint density at radius 3 is 2.53 bits per heavy atom. The smallest absolute Gasteiger partial charge is 0.259 e. The van der Waals surface area contributed by atoms with E-state index in [0.29, 0.717) is 11.3 Å². The summed E-state index contributed by atoms with van der Waals surface area (Å²) < 4.78 is 5.35. The zero-order valence-corrected chi connectivity index (χ0v) is 10.3. The maximum absolute atomic E-state index is 12.2. The lowest BCUT2D eigenvalue weighted by molar-refractivity contribution is 0.102. The normalized spacial score (nSPS) is 9.42. The highest BCUT2D eigenvalue weighted by Crippen LogP contribution is 2.19. The van der Waals surface area contributed by atoms with Crippen LogP contribution in [0.1, 0.15) is 10.4 Å². The van der Waals surface area contributed by atoms with E-state index in [1.54, 1.807) is 24.3 Å². The van der Waals surface area contributed by atoms with Crippen molar-refractivity contribution in [2.24, 2.45) is 0 Å². The second-order valence-electron chi connectivity index (χ2n) is 3.81. The van der Waals surface area contributed by atoms with Crippen molar-refractivity contribution in [2.45, 2.75) is 0 Å². The van der Waals surface area contributed by atoms with Crippen molar-refractivity contribution in [2.75, 3.05) is 11.9 Å². The molecule has 0 heterocycles. The van der Waals surface area contributed by atoms with Crippen LogP contribution < -0.4 is 10.1 Å². The number of carbonyl (C=O) groups is 1. The van der Waals surface area contributed by atoms with Crippen molar-refractivity contribution >= 4 is 11.6 Å². The predicted molar refractivity (Wildman–Crippen MR) is 75.2 cm³/mol. The van der Waals surface area contributed by atoms with Crippen LogP contribution in [0.3, 0.4) is 0 Å². The molecule has 0 spiro atoms. The fourth-order valence-corrected chi connectivity index (χ4v) is 1.62. The molecule has 3 nitrogen and oxygen atoms in total. The van der Waals surface area contributed by atoms with Crippen molar-refractivity contribution in [3.63, 3.8) is 0 Å². The third kappa shape index (κ3) is 3.36. The number of amides is 1. The molecule has 2 aromatic carbocycles. The van der Waals surface area contributed by atoms with E-state index in [0.717, 1.165) is 5.69 Å². The average Bonchev–Trinajstić information content (AvgIpc) is 2.46. The lowest BCUT2D eigenvalue weighted by atomic mass is 10.2. The summed E-state index contributed by atoms with van der Waals surface area (Å²) in [5, 5.41) is 2.80. The van der Waals surface area contributed by atoms with Gasteiger partial charge in [0.2, 0.25) is 0 Å². The van der Waals surface area contributed by atoms with E-state index in [1.165, 1.54) is 0 Å². The Hall–Kier alpha value is -2.73. The molecule has 0 saturated heterocycles. The van der Waals surface area contributed by atoms with Crippen LogP contribution in [0.4, 0.5) is 5.69 Å². The maximum atomic E-state index is 12.2. The van der Waals surface area contributed by atoms with Crippen LogP contribution in [0.5, 0.6) is 5.75 Å². The van der Waals surface area contributed by atoms with E-state index >= 15 is 0 Å². The molecule has 94 valence electrons. The van der Waals surface area contributed by atoms with Gasteiger partial charge in [-0.15, -0.1) is 6.42 Å². The summed E-state index contributed by atoms with van der Waals surface area (Å²) >= 11 is 0. The molecule has 0 radical (unpaired) electrons. The van der Waals surface area contributed by atoms with Gasteiger partial charge in [0, 0.05) is 5.69 Å². The van der Waals surface area contributed by atoms with E-state index in [-0.39, 0.29) is 12.5 Å². The number of terminal acetylenes is 1. The molecule has 0 aliphatic carbocycles. The summed E-state index contributed by atoms with van der Waals surface area (Å²) in [5.41, 5.74) is 1.20. The molecule has 0 unspecified atom stereocenters. The van der Waals surface area contributed by atoms with Gasteiger partial charge in [-0.1, -0.05) is 36.3 Å². The first-order chi connectivity index (χ1) is 9.31. The highest BCUT2D eigenvalue weighted by molar-refractivity contribution is 6.06. The SMILES string of the molecule is C#CCOc1ccccc1C(=O)Nc1ccccc1. The van der Waals surface area contributed by atoms with Gasteiger partial charge in [0.25, 0.3) is 5.91 Å². The Bertz CT molecular complexity index is 600. The van der Waals surface area contributed by atoms with E-state index < -0.39 is 0 Å². The highest BCUT2D eigenvalue weighted by Gasteiger charge is 2.11. The van der Waals surface area contributed by atoms with Crippen molar-refractivity contribution in [1.82, 2.24) is 0 Å². The summed E-state index contributed by atoms with van der Waals surface area (Å²) in [4.78, 5) is 12.2. The molecular formula is C16H13NO2. The monoisotopic (exact) mass is 251 g/mol. The minimum absolute atomic E-state index is 0.135. The van der Waals surface area contributed by atoms with Crippen molar-refractivity contribution in [3.8, 4) is 18.1 Å². The Labute approximate surface area is 112 Å². The van der Waals surface area contributed by atoms with Gasteiger partial charge in [0.1, 0.15) is 12.4 Å². The van der Waals surface area contributed by atoms with Gasteiger partial charge >= 0.3 is 0 Å². The van der Waals surface area contributed by atoms with Gasteiger partial charge in [-0.3, -0.25) is 4.79 Å². The van der Waals surface area contributed by atoms with E-state index in [4.69, 9.17) is 11.2 Å². The zero-order chi connectivity index (χ0) is 13.5. The largest absolute Gasteiger partial charge is 0.480 e. The molecule has 2 rings (SSSR count). The second-order valence-corrected chi connectivity index (χ2v) is 3.81. The molecule has 3 heteroatoms. The molecule has 1 amide bonds. The summed E-state index contributed by atoms with van der Waals surface area (Å²) in [6.45, 7) is 0.135. The molecule has 0 bridgehead atoms. The highest BCUT2D eigenvalue weighted by atomic mass is 16.5. The molecular weight excluding hydrogens is 238 g/mol. The summed E-state index contributed by atoms with van der Waals surface area (Å²) in [6, 6.07) is 16.2. The van der Waals surface area contributed by atoms with Crippen LogP contribution in [-0.4, -0.2) is 12.5 Å². The number of carbonyl (C=O) groups excluding carboxylic acids is 1. The van der Waals surface area contributed by atoms with Gasteiger partial charge < -0.3 is 10.1 Å². The Balaban J connectivity index is 2.17. The number of anilines is 1. The van der Waals surface area contributed by atoms with Crippen molar-refractivity contribution in [1.29, 1.82) is 0 Å². The quantitative estimate of drug-likeness (QED) is 0.848. The molecule has 0 aliphatic rings. The van der Waals surface area contributed by atoms with E-state index in [1.807, 2.05) is 30.3 Å². The van der Waals surface area contributed by atoms with Crippen LogP contribution in [0.2, 0.25) is 0 Å². The molecule has 0 aliphatic heterocycles. The average molecular weight is 251 g/mol. The summed E-state index contributed by atoms with van der Waals surface area (Å²) in [7, 11) is 0. The van der Waals surface area contributed by atoms with Gasteiger partial charge in [-0.2, -0.15) is 0 Å². The maximum Gasteiger partial charge on any atom is 0.259 e. The van der Waals surface area contributed by atoms with E-state index in [9.17, 15) is 4.79 Å². The fourth-order valence-electron chi connectivity index (χ4n) is 1.62. The van der Waals surface area contributed by atoms with Crippen molar-refractivity contribution < 1.29 is 9.53 Å². The minimum Gasteiger partial charge on any atom is -0.480 e. The summed E-state index contributed by atoms with van der Waals surface area (Å²) in [6.07, 6.45) is 5.15. The number of ether oxygens (including phenoxy) is 1. The van der Waals surface area contributed by atoms with E-state index in [2.05, 4.69) is 11.2 Å². The first-order valence-corrected chi connectivity index (χ1v) is 5.83. The number of nitrogens with one attached hydrogen (secondary N) is 1. The molecule has 2 aromatic rings. The number of hydrogen-bond acceptors (Lipinski definition) is 2. The molecule has 0 saturated carbocycles. The summed E-state index contributed by atoms with van der Waals surface area (Å²) in [5.74, 6) is 2.64. The van der Waals surface area contributed by atoms with Gasteiger partial charge in [-0.05, 0) is 24.3 Å². The van der Waals surface area contributed by atoms with Crippen LogP contribution >= 0.6 is 0 Å². The number of rotatable bonds is 4. The molecule has 1 N–H and O–H groups in total. The van der Waals surface area contributed by atoms with Crippen LogP contribution in [0.15, 0.2) is 54.6 Å². The van der Waals surface area contributed by atoms with Gasteiger partial charge in [0.15, 0.2) is 0 Å². The number of benzene rings is 2. The van der Waals surface area contributed by atoms with Gasteiger partial charge in [-0.25, -0.2) is 0 Å². The fraction of sp³-hybridized carbons (Fsp3) is 0.0625. The molecule has 0 aromatic heterocycles. The van der Waals surface area contributed by atoms with Crippen molar-refractivity contribution in [3.05, 3.63) is 60.2 Å². The molecule has 19 heavy (non-hydrogen) atoms. The topological polar surface area (TPSA) is 38.3 Å². The number of para-hydroxylation sites is 2. The lowest BCUT2D eigenvalue weighted by Crippen LogP contribution is -2.13. The number of hydrogen-bond donors (Lipinski definition) is 1. The van der Waals surface area contributed by atoms with Crippen LogP contribution in [0.25, 0.3) is 0 Å². The predicted octanol–water partition coefficient (Wildman–Crippen LogP) is 2.95. The molecule has 0 fully saturated rings. The Morgan fingerprint density at radius 1 is 1.11 bits per heavy atom. The zero-order valence-electron chi connectivity index (χ0n) is 10.3. The molecule has 0 atom stereocenters. The first kappa shape index (κ1) is 12.7. The lowest BCUT2D eigenvalue weighted by Gasteiger charge is -2.09. The minimum atomic E-state index is -0.223. The Morgan fingerprint density at radius 2 is 1.79 bits per heavy atom. The van der Waals surface area contributed by atoms with Crippen LogP contribution in [0, 0.1) is 12.3 Å². The van der Waals surface area contributed by atoms with Gasteiger partial charge in [0.05, 0.1) is 5.56 Å². The third-order valence-electron chi connectivity index (χ3n) is 2.47. The standard InChI is InChI=1S/C16H13NO2/c1-2-12-19-15-11-7-6-10-14(15)16(18)17-13-8-4-3-5-9-13/h1,3-11H,12H2,(H,17,18).